The first kappa shape index (κ1) is 5.55. The fourth-order valence-electron chi connectivity index (χ4n) is 0.482. The van der Waals surface area contributed by atoms with E-state index in [2.05, 4.69) is 21.9 Å². The molecule has 0 atom stereocenters. The maximum absolute atomic E-state index is 2.91. The molecule has 0 amide bonds. The van der Waals surface area contributed by atoms with Gasteiger partial charge in [-0.1, -0.05) is 6.08 Å². The van der Waals surface area contributed by atoms with Crippen LogP contribution in [0.25, 0.3) is 0 Å². The van der Waals surface area contributed by atoms with Gasteiger partial charge in [-0.15, -0.1) is 0 Å². The molecule has 0 saturated carbocycles. The molecule has 0 bridgehead atoms. The number of hydrazine groups is 3. The Labute approximate surface area is 48.2 Å². The highest BCUT2D eigenvalue weighted by atomic mass is 15.7. The SMILES string of the molecule is C1=C\NNNNCC/1. The lowest BCUT2D eigenvalue weighted by atomic mass is 10.4. The van der Waals surface area contributed by atoms with Crippen molar-refractivity contribution in [1.82, 2.24) is 21.9 Å². The maximum Gasteiger partial charge on any atom is 0.0149 e. The largest absolute Gasteiger partial charge is 0.315 e. The first-order chi connectivity index (χ1) is 4.00. The van der Waals surface area contributed by atoms with Crippen LogP contribution < -0.4 is 21.9 Å². The summed E-state index contributed by atoms with van der Waals surface area (Å²) in [6, 6.07) is 0. The van der Waals surface area contributed by atoms with Crippen LogP contribution in [0.4, 0.5) is 0 Å². The summed E-state index contributed by atoms with van der Waals surface area (Å²) >= 11 is 0. The monoisotopic (exact) mass is 114 g/mol. The van der Waals surface area contributed by atoms with E-state index in [1.54, 1.807) is 0 Å². The van der Waals surface area contributed by atoms with Gasteiger partial charge in [0.1, 0.15) is 0 Å². The molecule has 4 N–H and O–H groups in total. The van der Waals surface area contributed by atoms with Gasteiger partial charge in [-0.3, -0.25) is 0 Å². The van der Waals surface area contributed by atoms with Crippen LogP contribution in [-0.2, 0) is 0 Å². The zero-order chi connectivity index (χ0) is 5.66. The fraction of sp³-hybridized carbons (Fsp3) is 0.500. The molecule has 0 fully saturated rings. The second kappa shape index (κ2) is 3.43. The summed E-state index contributed by atoms with van der Waals surface area (Å²) in [5.74, 6) is 0. The van der Waals surface area contributed by atoms with Crippen LogP contribution >= 0.6 is 0 Å². The quantitative estimate of drug-likeness (QED) is 0.326. The molecule has 0 aromatic carbocycles. The lowest BCUT2D eigenvalue weighted by Gasteiger charge is -2.09. The molecule has 0 aliphatic carbocycles. The topological polar surface area (TPSA) is 48.1 Å². The van der Waals surface area contributed by atoms with Gasteiger partial charge in [0.2, 0.25) is 0 Å². The van der Waals surface area contributed by atoms with Crippen LogP contribution in [-0.4, -0.2) is 6.54 Å². The summed E-state index contributed by atoms with van der Waals surface area (Å²) in [6.45, 7) is 0.950. The van der Waals surface area contributed by atoms with Gasteiger partial charge in [0.25, 0.3) is 0 Å². The molecule has 1 rings (SSSR count). The van der Waals surface area contributed by atoms with Crippen molar-refractivity contribution >= 4 is 0 Å². The normalized spacial score (nSPS) is 25.0. The van der Waals surface area contributed by atoms with E-state index in [1.807, 2.05) is 12.3 Å². The van der Waals surface area contributed by atoms with Gasteiger partial charge < -0.3 is 5.43 Å². The summed E-state index contributed by atoms with van der Waals surface area (Å²) in [5.41, 5.74) is 11.1. The Bertz CT molecular complexity index is 70.1. The van der Waals surface area contributed by atoms with Gasteiger partial charge in [0.15, 0.2) is 0 Å². The summed E-state index contributed by atoms with van der Waals surface area (Å²) < 4.78 is 0. The highest BCUT2D eigenvalue weighted by molar-refractivity contribution is 4.78. The van der Waals surface area contributed by atoms with E-state index in [1.165, 1.54) is 0 Å². The molecule has 0 aromatic heterocycles. The highest BCUT2D eigenvalue weighted by Gasteiger charge is 1.83. The van der Waals surface area contributed by atoms with Crippen LogP contribution in [0.1, 0.15) is 6.42 Å². The number of hydrogen-bond acceptors (Lipinski definition) is 4. The van der Waals surface area contributed by atoms with Gasteiger partial charge in [-0.05, 0) is 6.42 Å². The molecular formula is C4H10N4. The van der Waals surface area contributed by atoms with Crippen LogP contribution in [0.5, 0.6) is 0 Å². The third-order valence-electron chi connectivity index (χ3n) is 0.860. The second-order valence-corrected chi connectivity index (χ2v) is 1.51. The summed E-state index contributed by atoms with van der Waals surface area (Å²) in [6.07, 6.45) is 4.94. The predicted molar refractivity (Wildman–Crippen MR) is 31.2 cm³/mol. The van der Waals surface area contributed by atoms with E-state index < -0.39 is 0 Å². The molecule has 0 saturated heterocycles. The van der Waals surface area contributed by atoms with Crippen molar-refractivity contribution in [1.29, 1.82) is 0 Å². The van der Waals surface area contributed by atoms with E-state index in [4.69, 9.17) is 0 Å². The Hall–Kier alpha value is -0.580. The molecule has 1 aliphatic rings. The van der Waals surface area contributed by atoms with Crippen molar-refractivity contribution < 1.29 is 0 Å². The van der Waals surface area contributed by atoms with E-state index in [9.17, 15) is 0 Å². The maximum atomic E-state index is 2.91. The van der Waals surface area contributed by atoms with Crippen LogP contribution in [0, 0.1) is 0 Å². The molecule has 46 valence electrons. The lowest BCUT2D eigenvalue weighted by molar-refractivity contribution is 0.398. The van der Waals surface area contributed by atoms with Gasteiger partial charge >= 0.3 is 0 Å². The van der Waals surface area contributed by atoms with Gasteiger partial charge in [-0.25, -0.2) is 5.43 Å². The molecule has 0 radical (unpaired) electrons. The lowest BCUT2D eigenvalue weighted by Crippen LogP contribution is -2.49. The number of nitrogens with one attached hydrogen (secondary N) is 4. The first-order valence-corrected chi connectivity index (χ1v) is 2.63. The summed E-state index contributed by atoms with van der Waals surface area (Å²) in [5, 5.41) is 0. The second-order valence-electron chi connectivity index (χ2n) is 1.51. The Balaban J connectivity index is 2.17. The van der Waals surface area contributed by atoms with Crippen LogP contribution in [0.2, 0.25) is 0 Å². The van der Waals surface area contributed by atoms with Crippen molar-refractivity contribution in [3.05, 3.63) is 12.3 Å². The summed E-state index contributed by atoms with van der Waals surface area (Å²) in [7, 11) is 0. The Morgan fingerprint density at radius 2 is 2.25 bits per heavy atom. The highest BCUT2D eigenvalue weighted by Crippen LogP contribution is 1.76. The Morgan fingerprint density at radius 3 is 3.25 bits per heavy atom. The van der Waals surface area contributed by atoms with Crippen molar-refractivity contribution in [3.8, 4) is 0 Å². The first-order valence-electron chi connectivity index (χ1n) is 2.63. The molecule has 4 nitrogen and oxygen atoms in total. The van der Waals surface area contributed by atoms with E-state index in [0.717, 1.165) is 13.0 Å². The van der Waals surface area contributed by atoms with E-state index in [-0.39, 0.29) is 0 Å². The molecule has 1 heterocycles. The predicted octanol–water partition coefficient (Wildman–Crippen LogP) is -0.993. The zero-order valence-electron chi connectivity index (χ0n) is 4.57. The van der Waals surface area contributed by atoms with Crippen LogP contribution in [0.3, 0.4) is 0 Å². The molecule has 1 aliphatic heterocycles. The number of rotatable bonds is 0. The molecular weight excluding hydrogens is 104 g/mol. The minimum atomic E-state index is 0.950. The van der Waals surface area contributed by atoms with Gasteiger partial charge in [-0.2, -0.15) is 11.1 Å². The van der Waals surface area contributed by atoms with Crippen molar-refractivity contribution in [2.24, 2.45) is 0 Å². The van der Waals surface area contributed by atoms with Gasteiger partial charge in [0, 0.05) is 12.7 Å². The van der Waals surface area contributed by atoms with Crippen molar-refractivity contribution in [3.63, 3.8) is 0 Å². The summed E-state index contributed by atoms with van der Waals surface area (Å²) in [4.78, 5) is 0. The third-order valence-corrected chi connectivity index (χ3v) is 0.860. The molecule has 0 unspecified atom stereocenters. The number of hydrogen-bond donors (Lipinski definition) is 4. The van der Waals surface area contributed by atoms with E-state index in [0.29, 0.717) is 0 Å². The Morgan fingerprint density at radius 1 is 1.25 bits per heavy atom. The standard InChI is InChI=1S/C4H10N4/c1-2-4-6-8-7-5-3-1/h1,3,5-8H,2,4H2/b3-1-. The minimum absolute atomic E-state index is 0.950. The smallest absolute Gasteiger partial charge is 0.0149 e. The molecule has 4 heteroatoms. The van der Waals surface area contributed by atoms with Crippen LogP contribution in [0.15, 0.2) is 12.3 Å². The third kappa shape index (κ3) is 1.92. The van der Waals surface area contributed by atoms with E-state index >= 15 is 0 Å². The Kier molecular flexibility index (Phi) is 2.38. The van der Waals surface area contributed by atoms with Crippen molar-refractivity contribution in [2.75, 3.05) is 6.54 Å². The average Bonchev–Trinajstić information content (AvgIpc) is 1.62. The van der Waals surface area contributed by atoms with Gasteiger partial charge in [0.05, 0.1) is 0 Å². The minimum Gasteiger partial charge on any atom is -0.315 e. The molecule has 0 spiro atoms. The zero-order valence-corrected chi connectivity index (χ0v) is 4.57. The molecule has 8 heavy (non-hydrogen) atoms. The fourth-order valence-corrected chi connectivity index (χ4v) is 0.482. The average molecular weight is 114 g/mol. The molecule has 0 aromatic rings. The van der Waals surface area contributed by atoms with Crippen molar-refractivity contribution in [2.45, 2.75) is 6.42 Å².